The van der Waals surface area contributed by atoms with Crippen LogP contribution in [0.3, 0.4) is 0 Å². The fraction of sp³-hybridized carbons (Fsp3) is 0.333. The lowest BCUT2D eigenvalue weighted by molar-refractivity contribution is -0.137. The van der Waals surface area contributed by atoms with Crippen LogP contribution in [0.5, 0.6) is 0 Å². The summed E-state index contributed by atoms with van der Waals surface area (Å²) < 4.78 is 39.1. The highest BCUT2D eigenvalue weighted by Gasteiger charge is 2.30. The first-order chi connectivity index (χ1) is 16.9. The normalized spacial score (nSPS) is 14.3. The molecular formula is C24H26F3N7S. The molecular weight excluding hydrogens is 475 g/mol. The monoisotopic (exact) mass is 501 g/mol. The lowest BCUT2D eigenvalue weighted by Crippen LogP contribution is -2.31. The summed E-state index contributed by atoms with van der Waals surface area (Å²) in [5, 5.41) is 7.28. The van der Waals surface area contributed by atoms with E-state index in [1.807, 2.05) is 30.5 Å². The molecule has 0 amide bonds. The first-order valence-corrected chi connectivity index (χ1v) is 12.5. The highest BCUT2D eigenvalue weighted by Crippen LogP contribution is 2.29. The van der Waals surface area contributed by atoms with Crippen LogP contribution in [-0.4, -0.2) is 40.5 Å². The Hall–Kier alpha value is -3.34. The van der Waals surface area contributed by atoms with Crippen molar-refractivity contribution in [1.29, 1.82) is 0 Å². The number of halogens is 3. The minimum atomic E-state index is -4.39. The second-order valence-corrected chi connectivity index (χ2v) is 8.90. The van der Waals surface area contributed by atoms with Gasteiger partial charge in [0, 0.05) is 24.5 Å². The largest absolute Gasteiger partial charge is 0.416 e. The molecule has 1 aliphatic heterocycles. The number of aromatic nitrogens is 3. The second-order valence-electron chi connectivity index (χ2n) is 8.03. The van der Waals surface area contributed by atoms with Crippen molar-refractivity contribution in [3.8, 4) is 0 Å². The van der Waals surface area contributed by atoms with Crippen molar-refractivity contribution in [2.45, 2.75) is 36.9 Å². The lowest BCUT2D eigenvalue weighted by atomic mass is 10.1. The number of piperidine rings is 1. The maximum atomic E-state index is 13.0. The third kappa shape index (κ3) is 7.08. The van der Waals surface area contributed by atoms with Crippen LogP contribution in [0, 0.1) is 0 Å². The van der Waals surface area contributed by atoms with Crippen LogP contribution in [0.4, 0.5) is 31.0 Å². The molecule has 184 valence electrons. The van der Waals surface area contributed by atoms with Gasteiger partial charge in [0.2, 0.25) is 17.8 Å². The van der Waals surface area contributed by atoms with Crippen molar-refractivity contribution < 1.29 is 13.2 Å². The molecule has 35 heavy (non-hydrogen) atoms. The van der Waals surface area contributed by atoms with Crippen molar-refractivity contribution in [3.63, 3.8) is 0 Å². The SMILES string of the molecule is CSc1ccc(/C=N/Nc2nc(NCc3cccc(C(F)(F)F)c3)nc(N3CCCCC3)n2)cc1. The van der Waals surface area contributed by atoms with Gasteiger partial charge in [0.15, 0.2) is 0 Å². The van der Waals surface area contributed by atoms with Gasteiger partial charge in [-0.15, -0.1) is 11.8 Å². The standard InChI is InChI=1S/C24H26F3N7S/c1-35-20-10-8-17(9-11-20)16-29-33-22-30-21(31-23(32-22)34-12-3-2-4-13-34)28-15-18-6-5-7-19(14-18)24(25,26)27/h5-11,14,16H,2-4,12-13,15H2,1H3,(H2,28,30,31,32,33)/b29-16+. The van der Waals surface area contributed by atoms with Gasteiger partial charge in [-0.2, -0.15) is 33.2 Å². The highest BCUT2D eigenvalue weighted by molar-refractivity contribution is 7.98. The van der Waals surface area contributed by atoms with Gasteiger partial charge in [-0.1, -0.05) is 24.3 Å². The molecule has 1 fully saturated rings. The van der Waals surface area contributed by atoms with Crippen molar-refractivity contribution in [2.24, 2.45) is 5.10 Å². The minimum absolute atomic E-state index is 0.137. The number of hydrogen-bond donors (Lipinski definition) is 2. The van der Waals surface area contributed by atoms with Crippen LogP contribution < -0.4 is 15.6 Å². The summed E-state index contributed by atoms with van der Waals surface area (Å²) in [6.45, 7) is 1.81. The van der Waals surface area contributed by atoms with Crippen LogP contribution in [0.25, 0.3) is 0 Å². The maximum absolute atomic E-state index is 13.0. The summed E-state index contributed by atoms with van der Waals surface area (Å²) in [7, 11) is 0. The number of thioether (sulfide) groups is 1. The molecule has 7 nitrogen and oxygen atoms in total. The number of benzene rings is 2. The molecule has 1 aromatic heterocycles. The highest BCUT2D eigenvalue weighted by atomic mass is 32.2. The molecule has 0 saturated carbocycles. The number of hydrogen-bond acceptors (Lipinski definition) is 8. The predicted octanol–water partition coefficient (Wildman–Crippen LogP) is 5.66. The summed E-state index contributed by atoms with van der Waals surface area (Å²) >= 11 is 1.67. The van der Waals surface area contributed by atoms with Crippen LogP contribution in [0.15, 0.2) is 58.5 Å². The number of alkyl halides is 3. The van der Waals surface area contributed by atoms with E-state index in [1.165, 1.54) is 6.07 Å². The van der Waals surface area contributed by atoms with Crippen molar-refractivity contribution in [1.82, 2.24) is 15.0 Å². The molecule has 3 aromatic rings. The Bertz CT molecular complexity index is 1150. The van der Waals surface area contributed by atoms with Crippen LogP contribution >= 0.6 is 11.8 Å². The predicted molar refractivity (Wildman–Crippen MR) is 134 cm³/mol. The summed E-state index contributed by atoms with van der Waals surface area (Å²) in [5.74, 6) is 1.03. The molecule has 2 heterocycles. The fourth-order valence-electron chi connectivity index (χ4n) is 3.62. The average molecular weight is 502 g/mol. The molecule has 2 aromatic carbocycles. The van der Waals surface area contributed by atoms with Gasteiger partial charge >= 0.3 is 6.18 Å². The van der Waals surface area contributed by atoms with Gasteiger partial charge < -0.3 is 10.2 Å². The van der Waals surface area contributed by atoms with E-state index in [2.05, 4.69) is 35.7 Å². The van der Waals surface area contributed by atoms with Gasteiger partial charge in [-0.3, -0.25) is 0 Å². The molecule has 0 aliphatic carbocycles. The average Bonchev–Trinajstić information content (AvgIpc) is 2.88. The van der Waals surface area contributed by atoms with Gasteiger partial charge in [-0.05, 0) is 60.9 Å². The second kappa shape index (κ2) is 11.4. The molecule has 1 aliphatic rings. The Labute approximate surface area is 206 Å². The summed E-state index contributed by atoms with van der Waals surface area (Å²) in [4.78, 5) is 16.6. The quantitative estimate of drug-likeness (QED) is 0.234. The van der Waals surface area contributed by atoms with E-state index in [0.29, 0.717) is 11.5 Å². The number of nitrogens with zero attached hydrogens (tertiary/aromatic N) is 5. The van der Waals surface area contributed by atoms with E-state index < -0.39 is 11.7 Å². The summed E-state index contributed by atoms with van der Waals surface area (Å²) in [5.41, 5.74) is 3.56. The Balaban J connectivity index is 1.50. The van der Waals surface area contributed by atoms with Crippen molar-refractivity contribution >= 4 is 35.8 Å². The smallest absolute Gasteiger partial charge is 0.350 e. The van der Waals surface area contributed by atoms with E-state index in [0.717, 1.165) is 54.9 Å². The molecule has 0 spiro atoms. The minimum Gasteiger partial charge on any atom is -0.350 e. The molecule has 0 bridgehead atoms. The van der Waals surface area contributed by atoms with E-state index in [9.17, 15) is 13.2 Å². The van der Waals surface area contributed by atoms with E-state index in [-0.39, 0.29) is 18.4 Å². The van der Waals surface area contributed by atoms with Crippen LogP contribution in [0.2, 0.25) is 0 Å². The molecule has 0 unspecified atom stereocenters. The zero-order valence-corrected chi connectivity index (χ0v) is 20.0. The Morgan fingerprint density at radius 2 is 1.74 bits per heavy atom. The Morgan fingerprint density at radius 3 is 2.46 bits per heavy atom. The number of nitrogens with one attached hydrogen (secondary N) is 2. The van der Waals surface area contributed by atoms with E-state index in [4.69, 9.17) is 0 Å². The van der Waals surface area contributed by atoms with Crippen molar-refractivity contribution in [2.75, 3.05) is 35.0 Å². The van der Waals surface area contributed by atoms with Crippen LogP contribution in [0.1, 0.15) is 36.0 Å². The number of hydrazone groups is 1. The van der Waals surface area contributed by atoms with Crippen molar-refractivity contribution in [3.05, 3.63) is 65.2 Å². The first kappa shape index (κ1) is 24.8. The zero-order chi connectivity index (χ0) is 24.7. The molecule has 2 N–H and O–H groups in total. The third-order valence-electron chi connectivity index (χ3n) is 5.46. The van der Waals surface area contributed by atoms with Gasteiger partial charge in [0.05, 0.1) is 11.8 Å². The summed E-state index contributed by atoms with van der Waals surface area (Å²) in [6.07, 6.45) is 2.55. The maximum Gasteiger partial charge on any atom is 0.416 e. The number of rotatable bonds is 8. The molecule has 11 heteroatoms. The summed E-state index contributed by atoms with van der Waals surface area (Å²) in [6, 6.07) is 13.1. The lowest BCUT2D eigenvalue weighted by Gasteiger charge is -2.26. The van der Waals surface area contributed by atoms with E-state index >= 15 is 0 Å². The molecule has 0 atom stereocenters. The Kier molecular flexibility index (Phi) is 8.06. The first-order valence-electron chi connectivity index (χ1n) is 11.2. The number of anilines is 3. The Morgan fingerprint density at radius 1 is 1.00 bits per heavy atom. The molecule has 0 radical (unpaired) electrons. The van der Waals surface area contributed by atoms with Gasteiger partial charge in [0.1, 0.15) is 0 Å². The topological polar surface area (TPSA) is 78.3 Å². The zero-order valence-electron chi connectivity index (χ0n) is 19.2. The van der Waals surface area contributed by atoms with Gasteiger partial charge in [0.25, 0.3) is 0 Å². The fourth-order valence-corrected chi connectivity index (χ4v) is 4.03. The third-order valence-corrected chi connectivity index (χ3v) is 6.20. The molecule has 1 saturated heterocycles. The van der Waals surface area contributed by atoms with Crippen LogP contribution in [-0.2, 0) is 12.7 Å². The van der Waals surface area contributed by atoms with E-state index in [1.54, 1.807) is 24.0 Å². The van der Waals surface area contributed by atoms with Gasteiger partial charge in [-0.25, -0.2) is 5.43 Å². The molecule has 4 rings (SSSR count).